The highest BCUT2D eigenvalue weighted by atomic mass is 32.2. The van der Waals surface area contributed by atoms with Gasteiger partial charge in [-0.15, -0.1) is 0 Å². The van der Waals surface area contributed by atoms with Crippen LogP contribution in [0.15, 0.2) is 29.3 Å². The van der Waals surface area contributed by atoms with E-state index in [0.717, 1.165) is 16.4 Å². The van der Waals surface area contributed by atoms with Crippen molar-refractivity contribution in [1.29, 1.82) is 0 Å². The first-order valence-electron chi connectivity index (χ1n) is 9.45. The van der Waals surface area contributed by atoms with Crippen molar-refractivity contribution in [2.45, 2.75) is 50.2 Å². The van der Waals surface area contributed by atoms with E-state index in [2.05, 4.69) is 4.99 Å². The Labute approximate surface area is 168 Å². The van der Waals surface area contributed by atoms with Gasteiger partial charge in [0.05, 0.1) is 36.8 Å². The summed E-state index contributed by atoms with van der Waals surface area (Å²) in [6.07, 6.45) is -0.516. The highest BCUT2D eigenvalue weighted by Gasteiger charge is 2.54. The summed E-state index contributed by atoms with van der Waals surface area (Å²) < 4.78 is 23.5. The number of nitrogens with zero attached hydrogens (tertiary/aromatic N) is 1. The second-order valence-corrected chi connectivity index (χ2v) is 8.71. The average molecular weight is 407 g/mol. The van der Waals surface area contributed by atoms with Crippen LogP contribution < -0.4 is 4.74 Å². The van der Waals surface area contributed by atoms with E-state index in [0.29, 0.717) is 13.0 Å². The van der Waals surface area contributed by atoms with Crippen LogP contribution in [-0.4, -0.2) is 59.8 Å². The maximum absolute atomic E-state index is 11.8. The Morgan fingerprint density at radius 2 is 2.11 bits per heavy atom. The number of methoxy groups -OCH3 is 1. The summed E-state index contributed by atoms with van der Waals surface area (Å²) >= 11 is 1.56. The summed E-state index contributed by atoms with van der Waals surface area (Å²) in [5, 5.41) is 10.6. The summed E-state index contributed by atoms with van der Waals surface area (Å²) in [4.78, 5) is 16.5. The van der Waals surface area contributed by atoms with Crippen LogP contribution in [0.1, 0.15) is 19.4 Å². The van der Waals surface area contributed by atoms with Gasteiger partial charge in [-0.2, -0.15) is 0 Å². The Bertz CT molecular complexity index is 754. The average Bonchev–Trinajstić information content (AvgIpc) is 3.05. The van der Waals surface area contributed by atoms with Crippen molar-refractivity contribution >= 4 is 22.8 Å². The highest BCUT2D eigenvalue weighted by molar-refractivity contribution is 8.14. The van der Waals surface area contributed by atoms with E-state index in [1.807, 2.05) is 31.2 Å². The second kappa shape index (κ2) is 8.02. The van der Waals surface area contributed by atoms with Gasteiger partial charge in [0.15, 0.2) is 6.29 Å². The SMILES string of the molecule is COc1ccc(C[C@@H]2OC[C@H]3OC4SC(C)=N[C@@H]4[C@@H]([C@@H](C)C(=O)O)[C@@H]3O2)cc1. The molecule has 3 aliphatic heterocycles. The molecule has 1 aromatic carbocycles. The molecule has 8 heteroatoms. The van der Waals surface area contributed by atoms with Crippen molar-refractivity contribution in [3.05, 3.63) is 29.8 Å². The molecule has 0 radical (unpaired) electrons. The third-order valence-corrected chi connectivity index (χ3v) is 6.70. The molecule has 1 unspecified atom stereocenters. The fourth-order valence-corrected chi connectivity index (χ4v) is 5.24. The van der Waals surface area contributed by atoms with Crippen LogP contribution in [0.4, 0.5) is 0 Å². The van der Waals surface area contributed by atoms with Crippen LogP contribution in [0, 0.1) is 11.8 Å². The van der Waals surface area contributed by atoms with Gasteiger partial charge in [0.2, 0.25) is 0 Å². The van der Waals surface area contributed by atoms with E-state index in [1.165, 1.54) is 0 Å². The van der Waals surface area contributed by atoms with E-state index in [9.17, 15) is 9.90 Å². The molecule has 152 valence electrons. The quantitative estimate of drug-likeness (QED) is 0.803. The number of ether oxygens (including phenoxy) is 4. The van der Waals surface area contributed by atoms with E-state index >= 15 is 0 Å². The Hall–Kier alpha value is -1.61. The molecule has 3 heterocycles. The summed E-state index contributed by atoms with van der Waals surface area (Å²) in [6.45, 7) is 4.05. The molecule has 7 atom stereocenters. The van der Waals surface area contributed by atoms with Gasteiger partial charge in [0.25, 0.3) is 0 Å². The van der Waals surface area contributed by atoms with Crippen molar-refractivity contribution in [1.82, 2.24) is 0 Å². The fourth-order valence-electron chi connectivity index (χ4n) is 4.14. The number of carboxylic acids is 1. The first kappa shape index (κ1) is 19.7. The standard InChI is InChI=1S/C20H25NO6S/c1-10(19(22)23)16-17-20(28-11(2)21-17)26-14-9-25-15(27-18(14)16)8-12-4-6-13(24-3)7-5-12/h4-7,10,14-18,20H,8-9H2,1-3H3,(H,22,23)/t10-,14-,15-,16-,17-,18-,20?/m1/s1. The second-order valence-electron chi connectivity index (χ2n) is 7.42. The van der Waals surface area contributed by atoms with E-state index in [1.54, 1.807) is 25.8 Å². The molecular weight excluding hydrogens is 382 g/mol. The molecule has 28 heavy (non-hydrogen) atoms. The van der Waals surface area contributed by atoms with Gasteiger partial charge in [0, 0.05) is 12.3 Å². The van der Waals surface area contributed by atoms with Crippen LogP contribution in [0.25, 0.3) is 0 Å². The minimum atomic E-state index is -0.837. The zero-order valence-electron chi connectivity index (χ0n) is 16.1. The summed E-state index contributed by atoms with van der Waals surface area (Å²) in [7, 11) is 1.63. The zero-order chi connectivity index (χ0) is 19.8. The number of hydrogen-bond acceptors (Lipinski definition) is 7. The Morgan fingerprint density at radius 3 is 2.79 bits per heavy atom. The lowest BCUT2D eigenvalue weighted by atomic mass is 9.78. The molecule has 0 amide bonds. The lowest BCUT2D eigenvalue weighted by Crippen LogP contribution is -2.60. The Kier molecular flexibility index (Phi) is 5.64. The third kappa shape index (κ3) is 3.78. The maximum Gasteiger partial charge on any atom is 0.306 e. The number of rotatable bonds is 5. The lowest BCUT2D eigenvalue weighted by Gasteiger charge is -2.48. The van der Waals surface area contributed by atoms with Crippen molar-refractivity contribution in [2.24, 2.45) is 16.8 Å². The number of aliphatic imine (C=N–C) groups is 1. The first-order chi connectivity index (χ1) is 13.5. The number of benzene rings is 1. The predicted molar refractivity (Wildman–Crippen MR) is 105 cm³/mol. The third-order valence-electron chi connectivity index (χ3n) is 5.63. The molecule has 0 aliphatic carbocycles. The number of carbonyl (C=O) groups is 1. The normalized spacial score (nSPS) is 35.5. The molecule has 2 saturated heterocycles. The van der Waals surface area contributed by atoms with Crippen LogP contribution in [0.5, 0.6) is 5.75 Å². The summed E-state index contributed by atoms with van der Waals surface area (Å²) in [5.41, 5.74) is 0.894. The highest BCUT2D eigenvalue weighted by Crippen LogP contribution is 2.45. The molecule has 7 nitrogen and oxygen atoms in total. The molecule has 1 N–H and O–H groups in total. The minimum absolute atomic E-state index is 0.168. The predicted octanol–water partition coefficient (Wildman–Crippen LogP) is 2.57. The maximum atomic E-state index is 11.8. The van der Waals surface area contributed by atoms with Gasteiger partial charge < -0.3 is 24.1 Å². The van der Waals surface area contributed by atoms with E-state index in [-0.39, 0.29) is 29.6 Å². The number of aliphatic carboxylic acids is 1. The Morgan fingerprint density at radius 1 is 1.36 bits per heavy atom. The van der Waals surface area contributed by atoms with E-state index in [4.69, 9.17) is 18.9 Å². The summed E-state index contributed by atoms with van der Waals surface area (Å²) in [6, 6.07) is 7.54. The molecule has 0 bridgehead atoms. The van der Waals surface area contributed by atoms with Gasteiger partial charge in [-0.25, -0.2) is 0 Å². The molecule has 0 saturated carbocycles. The van der Waals surface area contributed by atoms with Gasteiger partial charge >= 0.3 is 5.97 Å². The topological polar surface area (TPSA) is 86.6 Å². The van der Waals surface area contributed by atoms with Crippen LogP contribution in [0.2, 0.25) is 0 Å². The van der Waals surface area contributed by atoms with Gasteiger partial charge in [-0.3, -0.25) is 9.79 Å². The monoisotopic (exact) mass is 407 g/mol. The van der Waals surface area contributed by atoms with Gasteiger partial charge in [-0.05, 0) is 24.6 Å². The van der Waals surface area contributed by atoms with Gasteiger partial charge in [-0.1, -0.05) is 30.8 Å². The number of carboxylic acid groups (broad SMARTS) is 1. The van der Waals surface area contributed by atoms with Crippen molar-refractivity contribution in [3.8, 4) is 5.75 Å². The molecule has 0 spiro atoms. The molecule has 0 aromatic heterocycles. The molecule has 4 rings (SSSR count). The molecular formula is C20H25NO6S. The molecule has 2 fully saturated rings. The zero-order valence-corrected chi connectivity index (χ0v) is 16.9. The summed E-state index contributed by atoms with van der Waals surface area (Å²) in [5.74, 6) is -0.883. The number of fused-ring (bicyclic) bond motifs is 2. The number of thioether (sulfide) groups is 1. The van der Waals surface area contributed by atoms with Crippen molar-refractivity contribution < 1.29 is 28.8 Å². The van der Waals surface area contributed by atoms with Crippen LogP contribution in [-0.2, 0) is 25.4 Å². The van der Waals surface area contributed by atoms with E-state index < -0.39 is 18.2 Å². The largest absolute Gasteiger partial charge is 0.497 e. The fraction of sp³-hybridized carbons (Fsp3) is 0.600. The first-order valence-corrected chi connectivity index (χ1v) is 10.3. The molecule has 1 aromatic rings. The van der Waals surface area contributed by atoms with Crippen LogP contribution in [0.3, 0.4) is 0 Å². The lowest BCUT2D eigenvalue weighted by molar-refractivity contribution is -0.295. The molecule has 3 aliphatic rings. The minimum Gasteiger partial charge on any atom is -0.497 e. The smallest absolute Gasteiger partial charge is 0.306 e. The van der Waals surface area contributed by atoms with Crippen LogP contribution >= 0.6 is 11.8 Å². The Balaban J connectivity index is 1.52. The number of hydrogen-bond donors (Lipinski definition) is 1. The van der Waals surface area contributed by atoms with Gasteiger partial charge in [0.1, 0.15) is 17.3 Å². The van der Waals surface area contributed by atoms with Crippen molar-refractivity contribution in [3.63, 3.8) is 0 Å². The van der Waals surface area contributed by atoms with Crippen molar-refractivity contribution in [2.75, 3.05) is 13.7 Å².